The van der Waals surface area contributed by atoms with E-state index in [9.17, 15) is 0 Å². The van der Waals surface area contributed by atoms with E-state index in [-0.39, 0.29) is 0 Å². The zero-order valence-corrected chi connectivity index (χ0v) is 8.79. The first-order valence-corrected chi connectivity index (χ1v) is 5.48. The van der Waals surface area contributed by atoms with E-state index >= 15 is 0 Å². The van der Waals surface area contributed by atoms with Gasteiger partial charge in [-0.3, -0.25) is 0 Å². The molecule has 0 saturated heterocycles. The van der Waals surface area contributed by atoms with Crippen LogP contribution in [0.3, 0.4) is 0 Å². The molecule has 0 radical (unpaired) electrons. The van der Waals surface area contributed by atoms with Crippen LogP contribution in [0.15, 0.2) is 18.2 Å². The van der Waals surface area contributed by atoms with Crippen molar-refractivity contribution in [2.45, 2.75) is 25.7 Å². The van der Waals surface area contributed by atoms with Crippen LogP contribution < -0.4 is 4.74 Å². The number of fused-ring (bicyclic) bond motifs is 3. The van der Waals surface area contributed by atoms with E-state index in [1.54, 1.807) is 12.7 Å². The molecule has 1 aromatic rings. The van der Waals surface area contributed by atoms with Crippen molar-refractivity contribution in [3.63, 3.8) is 0 Å². The van der Waals surface area contributed by atoms with Crippen LogP contribution in [0.1, 0.15) is 30.4 Å². The predicted molar refractivity (Wildman–Crippen MR) is 56.7 cm³/mol. The number of hydrogen-bond donors (Lipinski definition) is 0. The summed E-state index contributed by atoms with van der Waals surface area (Å²) >= 11 is 0. The van der Waals surface area contributed by atoms with E-state index in [1.165, 1.54) is 18.4 Å². The summed E-state index contributed by atoms with van der Waals surface area (Å²) in [6.45, 7) is 2.38. The van der Waals surface area contributed by atoms with Gasteiger partial charge >= 0.3 is 0 Å². The summed E-state index contributed by atoms with van der Waals surface area (Å²) in [6, 6.07) is 6.59. The molecule has 3 atom stereocenters. The molecule has 1 saturated carbocycles. The van der Waals surface area contributed by atoms with Crippen molar-refractivity contribution < 1.29 is 4.74 Å². The van der Waals surface area contributed by atoms with Gasteiger partial charge in [0.1, 0.15) is 5.75 Å². The molecule has 1 nitrogen and oxygen atoms in total. The van der Waals surface area contributed by atoms with E-state index in [1.807, 2.05) is 0 Å². The summed E-state index contributed by atoms with van der Waals surface area (Å²) in [5.74, 6) is 3.78. The van der Waals surface area contributed by atoms with Gasteiger partial charge in [-0.15, -0.1) is 0 Å². The van der Waals surface area contributed by atoms with Crippen LogP contribution >= 0.6 is 0 Å². The molecule has 0 bridgehead atoms. The minimum absolute atomic E-state index is 0.865. The third-order valence-electron chi connectivity index (χ3n) is 4.02. The minimum atomic E-state index is 0.865. The molecule has 1 aromatic carbocycles. The van der Waals surface area contributed by atoms with Crippen LogP contribution in [0.25, 0.3) is 0 Å². The van der Waals surface area contributed by atoms with Gasteiger partial charge in [0.05, 0.1) is 7.11 Å². The fourth-order valence-electron chi connectivity index (χ4n) is 3.07. The first kappa shape index (κ1) is 8.34. The highest BCUT2D eigenvalue weighted by molar-refractivity contribution is 5.43. The average Bonchev–Trinajstić information content (AvgIpc) is 2.89. The molecule has 2 aliphatic carbocycles. The summed E-state index contributed by atoms with van der Waals surface area (Å²) < 4.78 is 5.26. The second-order valence-corrected chi connectivity index (χ2v) is 4.65. The number of methoxy groups -OCH3 is 1. The standard InChI is InChI=1S/C13H16O/c1-8-11-5-3-9-7-10(14-2)4-6-12(9)13(8)11/h4,6-8,11,13H,3,5H2,1-2H3. The van der Waals surface area contributed by atoms with Crippen LogP contribution in [0, 0.1) is 11.8 Å². The molecule has 2 aliphatic rings. The Balaban J connectivity index is 2.02. The van der Waals surface area contributed by atoms with Crippen molar-refractivity contribution in [2.75, 3.05) is 7.11 Å². The van der Waals surface area contributed by atoms with Gasteiger partial charge in [0.15, 0.2) is 0 Å². The van der Waals surface area contributed by atoms with E-state index in [4.69, 9.17) is 4.74 Å². The van der Waals surface area contributed by atoms with E-state index < -0.39 is 0 Å². The average molecular weight is 188 g/mol. The van der Waals surface area contributed by atoms with Gasteiger partial charge in [-0.25, -0.2) is 0 Å². The molecular weight excluding hydrogens is 172 g/mol. The number of aryl methyl sites for hydroxylation is 1. The van der Waals surface area contributed by atoms with E-state index in [0.29, 0.717) is 0 Å². The van der Waals surface area contributed by atoms with Gasteiger partial charge in [-0.05, 0) is 53.9 Å². The quantitative estimate of drug-likeness (QED) is 0.658. The third kappa shape index (κ3) is 1.01. The maximum atomic E-state index is 5.26. The van der Waals surface area contributed by atoms with Crippen molar-refractivity contribution in [2.24, 2.45) is 11.8 Å². The highest BCUT2D eigenvalue weighted by Crippen LogP contribution is 2.59. The lowest BCUT2D eigenvalue weighted by molar-refractivity contribution is 0.413. The fraction of sp³-hybridized carbons (Fsp3) is 0.538. The zero-order chi connectivity index (χ0) is 9.71. The maximum Gasteiger partial charge on any atom is 0.119 e. The Morgan fingerprint density at radius 2 is 2.21 bits per heavy atom. The largest absolute Gasteiger partial charge is 0.497 e. The molecule has 0 spiro atoms. The molecule has 14 heavy (non-hydrogen) atoms. The fourth-order valence-corrected chi connectivity index (χ4v) is 3.07. The molecule has 3 unspecified atom stereocenters. The van der Waals surface area contributed by atoms with Gasteiger partial charge in [-0.2, -0.15) is 0 Å². The summed E-state index contributed by atoms with van der Waals surface area (Å²) in [5.41, 5.74) is 3.12. The molecule has 0 aliphatic heterocycles. The van der Waals surface area contributed by atoms with Crippen molar-refractivity contribution in [1.29, 1.82) is 0 Å². The molecule has 0 amide bonds. The number of benzene rings is 1. The highest BCUT2D eigenvalue weighted by atomic mass is 16.5. The SMILES string of the molecule is COc1ccc2c(c1)CCC1C(C)C21. The topological polar surface area (TPSA) is 9.23 Å². The summed E-state index contributed by atoms with van der Waals surface area (Å²) in [7, 11) is 1.74. The molecule has 3 rings (SSSR count). The van der Waals surface area contributed by atoms with E-state index in [0.717, 1.165) is 23.5 Å². The summed E-state index contributed by atoms with van der Waals surface area (Å²) in [4.78, 5) is 0. The highest BCUT2D eigenvalue weighted by Gasteiger charge is 2.49. The molecule has 0 aromatic heterocycles. The van der Waals surface area contributed by atoms with Crippen LogP contribution in [0.4, 0.5) is 0 Å². The zero-order valence-electron chi connectivity index (χ0n) is 8.79. The first-order valence-electron chi connectivity index (χ1n) is 5.48. The molecule has 74 valence electrons. The van der Waals surface area contributed by atoms with Crippen LogP contribution in [0.5, 0.6) is 5.75 Å². The lowest BCUT2D eigenvalue weighted by Gasteiger charge is -2.15. The Hall–Kier alpha value is -0.980. The van der Waals surface area contributed by atoms with Gasteiger partial charge in [-0.1, -0.05) is 13.0 Å². The Morgan fingerprint density at radius 1 is 1.36 bits per heavy atom. The Labute approximate surface area is 85.1 Å². The Bertz CT molecular complexity index is 369. The maximum absolute atomic E-state index is 5.26. The number of rotatable bonds is 1. The molecule has 0 heterocycles. The monoisotopic (exact) mass is 188 g/mol. The van der Waals surface area contributed by atoms with Gasteiger partial charge < -0.3 is 4.74 Å². The van der Waals surface area contributed by atoms with Gasteiger partial charge in [0.2, 0.25) is 0 Å². The first-order chi connectivity index (χ1) is 6.81. The Morgan fingerprint density at radius 3 is 3.00 bits per heavy atom. The van der Waals surface area contributed by atoms with Gasteiger partial charge in [0, 0.05) is 0 Å². The van der Waals surface area contributed by atoms with Gasteiger partial charge in [0.25, 0.3) is 0 Å². The van der Waals surface area contributed by atoms with Crippen molar-refractivity contribution in [3.05, 3.63) is 29.3 Å². The van der Waals surface area contributed by atoms with Crippen molar-refractivity contribution in [3.8, 4) is 5.75 Å². The smallest absolute Gasteiger partial charge is 0.119 e. The molecule has 0 N–H and O–H groups in total. The van der Waals surface area contributed by atoms with Crippen LogP contribution in [0.2, 0.25) is 0 Å². The normalized spacial score (nSPS) is 33.1. The Kier molecular flexibility index (Phi) is 1.64. The molecule has 1 heteroatoms. The van der Waals surface area contributed by atoms with Crippen molar-refractivity contribution in [1.82, 2.24) is 0 Å². The number of hydrogen-bond acceptors (Lipinski definition) is 1. The number of ether oxygens (including phenoxy) is 1. The molecular formula is C13H16O. The second-order valence-electron chi connectivity index (χ2n) is 4.65. The third-order valence-corrected chi connectivity index (χ3v) is 4.02. The van der Waals surface area contributed by atoms with Crippen molar-refractivity contribution >= 4 is 0 Å². The van der Waals surface area contributed by atoms with Crippen LogP contribution in [-0.4, -0.2) is 7.11 Å². The lowest BCUT2D eigenvalue weighted by atomic mass is 9.92. The second kappa shape index (κ2) is 2.75. The summed E-state index contributed by atoms with van der Waals surface area (Å²) in [5, 5.41) is 0. The minimum Gasteiger partial charge on any atom is -0.497 e. The van der Waals surface area contributed by atoms with E-state index in [2.05, 4.69) is 25.1 Å². The summed E-state index contributed by atoms with van der Waals surface area (Å²) in [6.07, 6.45) is 2.63. The van der Waals surface area contributed by atoms with Crippen LogP contribution in [-0.2, 0) is 6.42 Å². The lowest BCUT2D eigenvalue weighted by Crippen LogP contribution is -2.01. The predicted octanol–water partition coefficient (Wildman–Crippen LogP) is 2.99. The molecule has 1 fully saturated rings.